The molecule has 8 heteroatoms. The molecule has 0 unspecified atom stereocenters. The molecule has 1 N–H and O–H groups in total. The Morgan fingerprint density at radius 1 is 1.00 bits per heavy atom. The Bertz CT molecular complexity index is 1100. The first-order chi connectivity index (χ1) is 16.0. The Labute approximate surface area is 210 Å². The van der Waals surface area contributed by atoms with E-state index in [1.54, 1.807) is 24.4 Å². The average molecular weight is 576 g/mol. The van der Waals surface area contributed by atoms with E-state index in [0.717, 1.165) is 32.2 Å². The zero-order chi connectivity index (χ0) is 23.6. The lowest BCUT2D eigenvalue weighted by molar-refractivity contribution is 0.0954. The van der Waals surface area contributed by atoms with Crippen molar-refractivity contribution in [2.24, 2.45) is 5.10 Å². The highest BCUT2D eigenvalue weighted by molar-refractivity contribution is 9.11. The first-order valence-corrected chi connectivity index (χ1v) is 11.9. The number of hydrazone groups is 1. The SMILES string of the molecule is CCCOc1c(Br)cc(/C=N/NC(=O)c2ccc(OCc3ccccc3)c(OC)c2)cc1Br. The molecule has 0 atom stereocenters. The van der Waals surface area contributed by atoms with E-state index in [0.29, 0.717) is 30.3 Å². The lowest BCUT2D eigenvalue weighted by atomic mass is 10.2. The van der Waals surface area contributed by atoms with Gasteiger partial charge in [0.2, 0.25) is 0 Å². The van der Waals surface area contributed by atoms with E-state index in [9.17, 15) is 4.79 Å². The molecule has 0 spiro atoms. The minimum atomic E-state index is -0.361. The van der Waals surface area contributed by atoms with Gasteiger partial charge in [0.1, 0.15) is 12.4 Å². The summed E-state index contributed by atoms with van der Waals surface area (Å²) in [5.41, 5.74) is 4.77. The maximum Gasteiger partial charge on any atom is 0.271 e. The smallest absolute Gasteiger partial charge is 0.271 e. The number of rotatable bonds is 10. The van der Waals surface area contributed by atoms with Gasteiger partial charge in [0, 0.05) is 5.56 Å². The van der Waals surface area contributed by atoms with Gasteiger partial charge in [-0.05, 0) is 79.7 Å². The third kappa shape index (κ3) is 7.07. The Hall–Kier alpha value is -2.84. The largest absolute Gasteiger partial charge is 0.493 e. The van der Waals surface area contributed by atoms with Crippen LogP contribution in [-0.2, 0) is 6.61 Å². The second-order valence-corrected chi connectivity index (χ2v) is 8.71. The van der Waals surface area contributed by atoms with Crippen LogP contribution in [0.25, 0.3) is 0 Å². The number of hydrogen-bond acceptors (Lipinski definition) is 5. The van der Waals surface area contributed by atoms with Crippen molar-refractivity contribution in [3.05, 3.63) is 86.3 Å². The summed E-state index contributed by atoms with van der Waals surface area (Å²) >= 11 is 7.01. The molecule has 0 aliphatic heterocycles. The van der Waals surface area contributed by atoms with E-state index in [1.807, 2.05) is 49.4 Å². The van der Waals surface area contributed by atoms with Crippen molar-refractivity contribution in [1.29, 1.82) is 0 Å². The van der Waals surface area contributed by atoms with E-state index >= 15 is 0 Å². The molecule has 0 fully saturated rings. The number of carbonyl (C=O) groups is 1. The lowest BCUT2D eigenvalue weighted by Crippen LogP contribution is -2.17. The summed E-state index contributed by atoms with van der Waals surface area (Å²) in [7, 11) is 1.54. The molecule has 0 radical (unpaired) electrons. The fourth-order valence-corrected chi connectivity index (χ4v) is 4.34. The zero-order valence-electron chi connectivity index (χ0n) is 18.3. The van der Waals surface area contributed by atoms with Crippen molar-refractivity contribution in [1.82, 2.24) is 5.43 Å². The fourth-order valence-electron chi connectivity index (χ4n) is 2.89. The Morgan fingerprint density at radius 3 is 2.39 bits per heavy atom. The van der Waals surface area contributed by atoms with Crippen LogP contribution in [0.4, 0.5) is 0 Å². The zero-order valence-corrected chi connectivity index (χ0v) is 21.5. The van der Waals surface area contributed by atoms with E-state index in [2.05, 4.69) is 42.4 Å². The Kier molecular flexibility index (Phi) is 9.33. The number of amides is 1. The average Bonchev–Trinajstić information content (AvgIpc) is 2.82. The molecule has 3 rings (SSSR count). The van der Waals surface area contributed by atoms with Crippen LogP contribution in [0, 0.1) is 0 Å². The van der Waals surface area contributed by atoms with Crippen LogP contribution < -0.4 is 19.6 Å². The highest BCUT2D eigenvalue weighted by atomic mass is 79.9. The second kappa shape index (κ2) is 12.4. The van der Waals surface area contributed by atoms with Crippen molar-refractivity contribution in [2.45, 2.75) is 20.0 Å². The van der Waals surface area contributed by atoms with Crippen molar-refractivity contribution < 1.29 is 19.0 Å². The molecule has 3 aromatic carbocycles. The normalized spacial score (nSPS) is 10.8. The summed E-state index contributed by atoms with van der Waals surface area (Å²) < 4.78 is 18.6. The van der Waals surface area contributed by atoms with Crippen LogP contribution in [0.5, 0.6) is 17.2 Å². The lowest BCUT2D eigenvalue weighted by Gasteiger charge is -2.12. The minimum Gasteiger partial charge on any atom is -0.493 e. The van der Waals surface area contributed by atoms with Crippen LogP contribution in [-0.4, -0.2) is 25.8 Å². The first-order valence-electron chi connectivity index (χ1n) is 10.3. The van der Waals surface area contributed by atoms with Crippen molar-refractivity contribution in [3.63, 3.8) is 0 Å². The highest BCUT2D eigenvalue weighted by Gasteiger charge is 2.12. The maximum absolute atomic E-state index is 12.5. The van der Waals surface area contributed by atoms with E-state index in [-0.39, 0.29) is 5.91 Å². The Morgan fingerprint density at radius 2 is 1.73 bits per heavy atom. The number of hydrogen-bond donors (Lipinski definition) is 1. The maximum atomic E-state index is 12.5. The van der Waals surface area contributed by atoms with Crippen LogP contribution in [0.2, 0.25) is 0 Å². The minimum absolute atomic E-state index is 0.361. The summed E-state index contributed by atoms with van der Waals surface area (Å²) in [6.45, 7) is 3.08. The van der Waals surface area contributed by atoms with Crippen LogP contribution in [0.3, 0.4) is 0 Å². The number of halogens is 2. The van der Waals surface area contributed by atoms with Crippen LogP contribution in [0.1, 0.15) is 34.8 Å². The molecule has 172 valence electrons. The third-order valence-corrected chi connectivity index (χ3v) is 5.69. The molecule has 0 aliphatic rings. The molecule has 1 amide bonds. The molecule has 0 saturated carbocycles. The van der Waals surface area contributed by atoms with Crippen LogP contribution in [0.15, 0.2) is 74.7 Å². The molecule has 6 nitrogen and oxygen atoms in total. The molecular weight excluding hydrogens is 552 g/mol. The van der Waals surface area contributed by atoms with Gasteiger partial charge in [-0.1, -0.05) is 37.3 Å². The first kappa shape index (κ1) is 24.8. The van der Waals surface area contributed by atoms with Gasteiger partial charge in [-0.25, -0.2) is 5.43 Å². The van der Waals surface area contributed by atoms with E-state index in [4.69, 9.17) is 14.2 Å². The summed E-state index contributed by atoms with van der Waals surface area (Å²) in [6, 6.07) is 18.6. The van der Waals surface area contributed by atoms with E-state index < -0.39 is 0 Å². The third-order valence-electron chi connectivity index (χ3n) is 4.51. The molecular formula is C25H24Br2N2O4. The predicted molar refractivity (Wildman–Crippen MR) is 136 cm³/mol. The van der Waals surface area contributed by atoms with Gasteiger partial charge in [0.25, 0.3) is 5.91 Å². The summed E-state index contributed by atoms with van der Waals surface area (Å²) in [4.78, 5) is 12.5. The number of carbonyl (C=O) groups excluding carboxylic acids is 1. The summed E-state index contributed by atoms with van der Waals surface area (Å²) in [5.74, 6) is 1.40. The Balaban J connectivity index is 1.63. The van der Waals surface area contributed by atoms with Crippen molar-refractivity contribution in [2.75, 3.05) is 13.7 Å². The number of ether oxygens (including phenoxy) is 3. The molecule has 0 aromatic heterocycles. The molecule has 0 bridgehead atoms. The van der Waals surface area contributed by atoms with Gasteiger partial charge in [0.15, 0.2) is 11.5 Å². The summed E-state index contributed by atoms with van der Waals surface area (Å²) in [6.07, 6.45) is 2.48. The second-order valence-electron chi connectivity index (χ2n) is 7.00. The molecule has 0 heterocycles. The predicted octanol–water partition coefficient (Wildman–Crippen LogP) is 6.35. The number of benzene rings is 3. The van der Waals surface area contributed by atoms with Gasteiger partial charge >= 0.3 is 0 Å². The number of nitrogens with zero attached hydrogens (tertiary/aromatic N) is 1. The molecule has 3 aromatic rings. The fraction of sp³-hybridized carbons (Fsp3) is 0.200. The quantitative estimate of drug-likeness (QED) is 0.226. The van der Waals surface area contributed by atoms with Gasteiger partial charge < -0.3 is 14.2 Å². The highest BCUT2D eigenvalue weighted by Crippen LogP contribution is 2.34. The van der Waals surface area contributed by atoms with Gasteiger partial charge in [-0.2, -0.15) is 5.10 Å². The summed E-state index contributed by atoms with van der Waals surface area (Å²) in [5, 5.41) is 4.07. The van der Waals surface area contributed by atoms with Crippen LogP contribution >= 0.6 is 31.9 Å². The molecule has 0 aliphatic carbocycles. The van der Waals surface area contributed by atoms with Gasteiger partial charge in [-0.15, -0.1) is 0 Å². The molecule has 0 saturated heterocycles. The van der Waals surface area contributed by atoms with E-state index in [1.165, 1.54) is 7.11 Å². The standard InChI is InChI=1S/C25H24Br2N2O4/c1-3-11-32-24-20(26)12-18(13-21(24)27)15-28-29-25(30)19-9-10-22(23(14-19)31-2)33-16-17-7-5-4-6-8-17/h4-10,12-15H,3,11,16H2,1-2H3,(H,29,30)/b28-15+. The van der Waals surface area contributed by atoms with Crippen molar-refractivity contribution in [3.8, 4) is 17.2 Å². The number of methoxy groups -OCH3 is 1. The molecule has 33 heavy (non-hydrogen) atoms. The van der Waals surface area contributed by atoms with Gasteiger partial charge in [0.05, 0.1) is 28.9 Å². The van der Waals surface area contributed by atoms with Crippen molar-refractivity contribution >= 4 is 44.0 Å². The topological polar surface area (TPSA) is 69.2 Å². The number of nitrogens with one attached hydrogen (secondary N) is 1. The van der Waals surface area contributed by atoms with Gasteiger partial charge in [-0.3, -0.25) is 4.79 Å². The monoisotopic (exact) mass is 574 g/mol.